The maximum atomic E-state index is 13.7. The van der Waals surface area contributed by atoms with Gasteiger partial charge in [0.25, 0.3) is 10.0 Å². The van der Waals surface area contributed by atoms with Crippen molar-refractivity contribution in [2.45, 2.75) is 4.90 Å². The highest BCUT2D eigenvalue weighted by molar-refractivity contribution is 7.90. The van der Waals surface area contributed by atoms with Gasteiger partial charge >= 0.3 is 5.97 Å². The Balaban J connectivity index is 2.11. The summed E-state index contributed by atoms with van der Waals surface area (Å²) in [5.41, 5.74) is -0.827. The Morgan fingerprint density at radius 3 is 2.18 bits per heavy atom. The van der Waals surface area contributed by atoms with Crippen LogP contribution in [0.5, 0.6) is 11.5 Å². The first-order chi connectivity index (χ1) is 15.8. The molecule has 1 N–H and O–H groups in total. The summed E-state index contributed by atoms with van der Waals surface area (Å²) in [7, 11) is -1.53. The molecule has 3 aromatic carbocycles. The second kappa shape index (κ2) is 8.44. The van der Waals surface area contributed by atoms with Crippen molar-refractivity contribution in [2.75, 3.05) is 14.2 Å². The van der Waals surface area contributed by atoms with Gasteiger partial charge in [-0.2, -0.15) is 0 Å². The average Bonchev–Trinajstić information content (AvgIpc) is 3.20. The molecular formula is C24H19NO7S. The van der Waals surface area contributed by atoms with Crippen molar-refractivity contribution < 1.29 is 32.6 Å². The Hall–Kier alpha value is -4.11. The molecule has 4 aromatic rings. The highest BCUT2D eigenvalue weighted by Crippen LogP contribution is 2.34. The SMILES string of the molecule is COc1ccc(C(=O)c2c(C(=O)O)c3ccccc3n2S(=O)(=O)c2ccccc2)c(OC)c1. The Kier molecular flexibility index (Phi) is 5.65. The summed E-state index contributed by atoms with van der Waals surface area (Å²) in [5, 5.41) is 10.1. The number of carbonyl (C=O) groups excluding carboxylic acids is 1. The molecule has 0 amide bonds. The van der Waals surface area contributed by atoms with E-state index in [4.69, 9.17) is 9.47 Å². The van der Waals surface area contributed by atoms with Crippen LogP contribution in [0.25, 0.3) is 10.9 Å². The van der Waals surface area contributed by atoms with Gasteiger partial charge in [-0.15, -0.1) is 0 Å². The summed E-state index contributed by atoms with van der Waals surface area (Å²) in [5.74, 6) is -1.71. The second-order valence-corrected chi connectivity index (χ2v) is 8.81. The maximum absolute atomic E-state index is 13.7. The molecule has 0 saturated heterocycles. The molecule has 0 bridgehead atoms. The lowest BCUT2D eigenvalue weighted by atomic mass is 10.0. The van der Waals surface area contributed by atoms with Crippen LogP contribution in [0.15, 0.2) is 77.7 Å². The summed E-state index contributed by atoms with van der Waals surface area (Å²) in [6.45, 7) is 0. The average molecular weight is 465 g/mol. The molecule has 1 heterocycles. The minimum absolute atomic E-state index is 0.00637. The van der Waals surface area contributed by atoms with Crippen LogP contribution in [0, 0.1) is 0 Å². The monoisotopic (exact) mass is 465 g/mol. The number of carboxylic acid groups (broad SMARTS) is 1. The van der Waals surface area contributed by atoms with Crippen molar-refractivity contribution in [1.82, 2.24) is 3.97 Å². The van der Waals surface area contributed by atoms with Gasteiger partial charge in [-0.1, -0.05) is 36.4 Å². The van der Waals surface area contributed by atoms with Gasteiger partial charge < -0.3 is 14.6 Å². The smallest absolute Gasteiger partial charge is 0.338 e. The number of methoxy groups -OCH3 is 2. The van der Waals surface area contributed by atoms with E-state index in [0.717, 1.165) is 3.97 Å². The van der Waals surface area contributed by atoms with E-state index in [2.05, 4.69) is 0 Å². The Morgan fingerprint density at radius 1 is 0.879 bits per heavy atom. The highest BCUT2D eigenvalue weighted by atomic mass is 32.2. The van der Waals surface area contributed by atoms with Crippen LogP contribution in [-0.2, 0) is 10.0 Å². The number of carbonyl (C=O) groups is 2. The minimum Gasteiger partial charge on any atom is -0.497 e. The number of hydrogen-bond donors (Lipinski definition) is 1. The number of aromatic carboxylic acids is 1. The predicted octanol–water partition coefficient (Wildman–Crippen LogP) is 3.82. The predicted molar refractivity (Wildman–Crippen MR) is 121 cm³/mol. The zero-order valence-electron chi connectivity index (χ0n) is 17.7. The number of rotatable bonds is 7. The van der Waals surface area contributed by atoms with Crippen molar-refractivity contribution in [2.24, 2.45) is 0 Å². The van der Waals surface area contributed by atoms with E-state index in [1.165, 1.54) is 56.7 Å². The van der Waals surface area contributed by atoms with E-state index in [1.54, 1.807) is 30.3 Å². The third kappa shape index (κ3) is 3.62. The second-order valence-electron chi connectivity index (χ2n) is 7.02. The van der Waals surface area contributed by atoms with Crippen LogP contribution in [0.2, 0.25) is 0 Å². The molecule has 8 nitrogen and oxygen atoms in total. The normalized spacial score (nSPS) is 11.3. The van der Waals surface area contributed by atoms with Gasteiger partial charge in [0.05, 0.1) is 35.8 Å². The fraction of sp³-hybridized carbons (Fsp3) is 0.0833. The standard InChI is InChI=1S/C24H19NO7S/c1-31-15-12-13-18(20(14-15)32-2)23(26)22-21(24(27)28)17-10-6-7-11-19(17)25(22)33(29,30)16-8-4-3-5-9-16/h3-14H,1-2H3,(H,27,28). The van der Waals surface area contributed by atoms with E-state index in [1.807, 2.05) is 0 Å². The number of aromatic nitrogens is 1. The zero-order chi connectivity index (χ0) is 23.8. The quantitative estimate of drug-likeness (QED) is 0.413. The molecule has 0 spiro atoms. The van der Waals surface area contributed by atoms with E-state index in [-0.39, 0.29) is 27.1 Å². The lowest BCUT2D eigenvalue weighted by Gasteiger charge is -2.14. The minimum atomic E-state index is -4.33. The fourth-order valence-corrected chi connectivity index (χ4v) is 5.24. The fourth-order valence-electron chi connectivity index (χ4n) is 3.70. The summed E-state index contributed by atoms with van der Waals surface area (Å²) < 4.78 is 38.6. The molecule has 0 fully saturated rings. The molecule has 0 aliphatic heterocycles. The van der Waals surface area contributed by atoms with Crippen molar-refractivity contribution in [3.63, 3.8) is 0 Å². The Labute approximate surface area is 189 Å². The van der Waals surface area contributed by atoms with Gasteiger partial charge in [0.1, 0.15) is 17.2 Å². The van der Waals surface area contributed by atoms with Crippen LogP contribution < -0.4 is 9.47 Å². The van der Waals surface area contributed by atoms with Crippen LogP contribution in [-0.4, -0.2) is 43.5 Å². The van der Waals surface area contributed by atoms with Crippen LogP contribution in [0.4, 0.5) is 0 Å². The van der Waals surface area contributed by atoms with Crippen LogP contribution >= 0.6 is 0 Å². The number of benzene rings is 3. The van der Waals surface area contributed by atoms with E-state index in [0.29, 0.717) is 5.75 Å². The number of ether oxygens (including phenoxy) is 2. The Morgan fingerprint density at radius 2 is 1.55 bits per heavy atom. The van der Waals surface area contributed by atoms with Crippen LogP contribution in [0.1, 0.15) is 26.4 Å². The summed E-state index contributed by atoms with van der Waals surface area (Å²) in [6, 6.07) is 18.0. The van der Waals surface area contributed by atoms with E-state index < -0.39 is 33.0 Å². The molecule has 0 radical (unpaired) electrons. The van der Waals surface area contributed by atoms with Crippen molar-refractivity contribution >= 4 is 32.7 Å². The van der Waals surface area contributed by atoms with Gasteiger partial charge in [0.2, 0.25) is 5.78 Å². The highest BCUT2D eigenvalue weighted by Gasteiger charge is 2.34. The molecule has 0 aliphatic rings. The summed E-state index contributed by atoms with van der Waals surface area (Å²) in [4.78, 5) is 26.0. The largest absolute Gasteiger partial charge is 0.497 e. The first-order valence-corrected chi connectivity index (χ1v) is 11.2. The molecule has 0 saturated carbocycles. The van der Waals surface area contributed by atoms with Gasteiger partial charge in [-0.25, -0.2) is 17.2 Å². The molecule has 0 unspecified atom stereocenters. The summed E-state index contributed by atoms with van der Waals surface area (Å²) >= 11 is 0. The number of para-hydroxylation sites is 1. The Bertz CT molecular complexity index is 1490. The third-order valence-electron chi connectivity index (χ3n) is 5.20. The molecule has 9 heteroatoms. The molecular weight excluding hydrogens is 446 g/mol. The van der Waals surface area contributed by atoms with E-state index >= 15 is 0 Å². The molecule has 33 heavy (non-hydrogen) atoms. The zero-order valence-corrected chi connectivity index (χ0v) is 18.5. The van der Waals surface area contributed by atoms with Gasteiger partial charge in [-0.3, -0.25) is 4.79 Å². The van der Waals surface area contributed by atoms with Crippen molar-refractivity contribution in [1.29, 1.82) is 0 Å². The lowest BCUT2D eigenvalue weighted by Crippen LogP contribution is -2.21. The summed E-state index contributed by atoms with van der Waals surface area (Å²) in [6.07, 6.45) is 0. The van der Waals surface area contributed by atoms with Gasteiger partial charge in [-0.05, 0) is 30.3 Å². The maximum Gasteiger partial charge on any atom is 0.338 e. The van der Waals surface area contributed by atoms with Gasteiger partial charge in [0.15, 0.2) is 0 Å². The van der Waals surface area contributed by atoms with Gasteiger partial charge in [0, 0.05) is 11.5 Å². The number of carboxylic acids is 1. The topological polar surface area (TPSA) is 112 Å². The van der Waals surface area contributed by atoms with Crippen molar-refractivity contribution in [3.05, 3.63) is 89.6 Å². The first kappa shape index (κ1) is 22.1. The van der Waals surface area contributed by atoms with Crippen LogP contribution in [0.3, 0.4) is 0 Å². The number of fused-ring (bicyclic) bond motifs is 1. The third-order valence-corrected chi connectivity index (χ3v) is 6.92. The molecule has 0 aliphatic carbocycles. The van der Waals surface area contributed by atoms with E-state index in [9.17, 15) is 23.1 Å². The number of hydrogen-bond acceptors (Lipinski definition) is 6. The molecule has 168 valence electrons. The lowest BCUT2D eigenvalue weighted by molar-refractivity contribution is 0.0694. The van der Waals surface area contributed by atoms with Crippen molar-refractivity contribution in [3.8, 4) is 11.5 Å². The molecule has 1 aromatic heterocycles. The first-order valence-electron chi connectivity index (χ1n) is 9.75. The molecule has 4 rings (SSSR count). The molecule has 0 atom stereocenters. The number of ketones is 1. The number of nitrogens with zero attached hydrogens (tertiary/aromatic N) is 1.